The highest BCUT2D eigenvalue weighted by atomic mass is 16.5. The molecule has 0 aliphatic rings. The van der Waals surface area contributed by atoms with Crippen molar-refractivity contribution in [2.45, 2.75) is 6.92 Å². The smallest absolute Gasteiger partial charge is 0.341 e. The summed E-state index contributed by atoms with van der Waals surface area (Å²) in [5, 5.41) is 8.67. The van der Waals surface area contributed by atoms with Crippen LogP contribution in [0, 0.1) is 18.3 Å². The lowest BCUT2D eigenvalue weighted by Gasteiger charge is -2.03. The normalized spacial score (nSPS) is 9.00. The Balaban J connectivity index is 3.33. The number of hydrogen-bond donors (Lipinski definition) is 0. The van der Waals surface area contributed by atoms with Crippen LogP contribution in [-0.2, 0) is 4.74 Å². The predicted molar refractivity (Wildman–Crippen MR) is 45.0 cm³/mol. The molecule has 1 heterocycles. The third-order valence-electron chi connectivity index (χ3n) is 1.65. The molecular formula is C9H8N2O2. The molecule has 0 aliphatic heterocycles. The molecule has 1 aromatic heterocycles. The molecule has 13 heavy (non-hydrogen) atoms. The van der Waals surface area contributed by atoms with Crippen LogP contribution >= 0.6 is 0 Å². The number of methoxy groups -OCH3 is 1. The first-order valence-electron chi connectivity index (χ1n) is 3.64. The van der Waals surface area contributed by atoms with Gasteiger partial charge in [0.2, 0.25) is 0 Å². The molecule has 0 unspecified atom stereocenters. The fourth-order valence-electron chi connectivity index (χ4n) is 1.00. The molecule has 0 atom stereocenters. The monoisotopic (exact) mass is 176 g/mol. The Bertz CT molecular complexity index is 380. The quantitative estimate of drug-likeness (QED) is 0.600. The first kappa shape index (κ1) is 9.20. The van der Waals surface area contributed by atoms with Crippen molar-refractivity contribution in [2.24, 2.45) is 0 Å². The molecule has 0 saturated heterocycles. The highest BCUT2D eigenvalue weighted by Gasteiger charge is 2.15. The van der Waals surface area contributed by atoms with Crippen LogP contribution in [0.3, 0.4) is 0 Å². The number of aryl methyl sites for hydroxylation is 1. The van der Waals surface area contributed by atoms with E-state index in [1.54, 1.807) is 13.0 Å². The molecule has 1 aromatic rings. The van der Waals surface area contributed by atoms with Gasteiger partial charge >= 0.3 is 5.97 Å². The van der Waals surface area contributed by atoms with E-state index >= 15 is 0 Å². The Morgan fingerprint density at radius 2 is 2.38 bits per heavy atom. The molecule has 0 saturated carbocycles. The van der Waals surface area contributed by atoms with E-state index in [0.29, 0.717) is 5.56 Å². The lowest BCUT2D eigenvalue weighted by Crippen LogP contribution is -2.07. The maximum Gasteiger partial charge on any atom is 0.341 e. The summed E-state index contributed by atoms with van der Waals surface area (Å²) in [7, 11) is 1.27. The fraction of sp³-hybridized carbons (Fsp3) is 0.222. The standard InChI is InChI=1S/C9H8N2O2/c1-6-3-4-11-7(5-10)8(6)9(12)13-2/h3-4H,1-2H3. The van der Waals surface area contributed by atoms with Gasteiger partial charge in [0.05, 0.1) is 12.7 Å². The van der Waals surface area contributed by atoms with Crippen LogP contribution in [0.2, 0.25) is 0 Å². The molecule has 0 fully saturated rings. The number of carbonyl (C=O) groups is 1. The van der Waals surface area contributed by atoms with Crippen LogP contribution in [0.1, 0.15) is 21.6 Å². The van der Waals surface area contributed by atoms with E-state index < -0.39 is 5.97 Å². The molecule has 0 radical (unpaired) electrons. The summed E-state index contributed by atoms with van der Waals surface area (Å²) in [6, 6.07) is 3.50. The third kappa shape index (κ3) is 1.64. The zero-order valence-corrected chi connectivity index (χ0v) is 7.37. The van der Waals surface area contributed by atoms with Gasteiger partial charge in [0, 0.05) is 6.20 Å². The Hall–Kier alpha value is -1.89. The summed E-state index contributed by atoms with van der Waals surface area (Å²) >= 11 is 0. The van der Waals surface area contributed by atoms with Gasteiger partial charge < -0.3 is 4.74 Å². The van der Waals surface area contributed by atoms with Crippen LogP contribution in [0.4, 0.5) is 0 Å². The number of nitriles is 1. The molecular weight excluding hydrogens is 168 g/mol. The van der Waals surface area contributed by atoms with Gasteiger partial charge in [-0.25, -0.2) is 9.78 Å². The first-order valence-corrected chi connectivity index (χ1v) is 3.64. The molecule has 0 bridgehead atoms. The van der Waals surface area contributed by atoms with Crippen molar-refractivity contribution in [1.29, 1.82) is 5.26 Å². The van der Waals surface area contributed by atoms with Crippen LogP contribution < -0.4 is 0 Å². The van der Waals surface area contributed by atoms with Crippen LogP contribution in [0.25, 0.3) is 0 Å². The van der Waals surface area contributed by atoms with Crippen molar-refractivity contribution in [3.63, 3.8) is 0 Å². The number of pyridine rings is 1. The minimum atomic E-state index is -0.526. The summed E-state index contributed by atoms with van der Waals surface area (Å²) in [6.45, 7) is 1.73. The number of hydrogen-bond acceptors (Lipinski definition) is 4. The first-order chi connectivity index (χ1) is 6.20. The van der Waals surface area contributed by atoms with E-state index in [9.17, 15) is 4.79 Å². The summed E-state index contributed by atoms with van der Waals surface area (Å²) in [5.74, 6) is -0.526. The highest BCUT2D eigenvalue weighted by Crippen LogP contribution is 2.11. The topological polar surface area (TPSA) is 63.0 Å². The van der Waals surface area contributed by atoms with Gasteiger partial charge in [0.15, 0.2) is 5.69 Å². The second kappa shape index (κ2) is 3.68. The molecule has 0 N–H and O–H groups in total. The number of esters is 1. The molecule has 0 aromatic carbocycles. The molecule has 4 heteroatoms. The number of nitrogens with zero attached hydrogens (tertiary/aromatic N) is 2. The summed E-state index contributed by atoms with van der Waals surface area (Å²) in [5.41, 5.74) is 1.04. The minimum absolute atomic E-state index is 0.104. The van der Waals surface area contributed by atoms with Crippen molar-refractivity contribution in [3.8, 4) is 6.07 Å². The van der Waals surface area contributed by atoms with Crippen molar-refractivity contribution in [2.75, 3.05) is 7.11 Å². The average Bonchev–Trinajstić information content (AvgIpc) is 2.16. The molecule has 0 spiro atoms. The van der Waals surface area contributed by atoms with Gasteiger partial charge in [-0.15, -0.1) is 0 Å². The van der Waals surface area contributed by atoms with E-state index in [1.807, 2.05) is 6.07 Å². The zero-order chi connectivity index (χ0) is 9.84. The molecule has 1 rings (SSSR count). The summed E-state index contributed by atoms with van der Waals surface area (Å²) in [4.78, 5) is 15.0. The van der Waals surface area contributed by atoms with Crippen LogP contribution in [-0.4, -0.2) is 18.1 Å². The van der Waals surface area contributed by atoms with E-state index in [4.69, 9.17) is 5.26 Å². The lowest BCUT2D eigenvalue weighted by molar-refractivity contribution is 0.0599. The highest BCUT2D eigenvalue weighted by molar-refractivity contribution is 5.93. The van der Waals surface area contributed by atoms with Gasteiger partial charge in [0.1, 0.15) is 6.07 Å². The van der Waals surface area contributed by atoms with Crippen molar-refractivity contribution in [1.82, 2.24) is 4.98 Å². The molecule has 66 valence electrons. The van der Waals surface area contributed by atoms with Crippen molar-refractivity contribution >= 4 is 5.97 Å². The molecule has 4 nitrogen and oxygen atoms in total. The Morgan fingerprint density at radius 1 is 1.69 bits per heavy atom. The third-order valence-corrected chi connectivity index (χ3v) is 1.65. The summed E-state index contributed by atoms with van der Waals surface area (Å²) in [6.07, 6.45) is 1.49. The van der Waals surface area contributed by atoms with Gasteiger partial charge in [-0.1, -0.05) is 0 Å². The Kier molecular flexibility index (Phi) is 2.60. The van der Waals surface area contributed by atoms with Gasteiger partial charge in [-0.05, 0) is 18.6 Å². The largest absolute Gasteiger partial charge is 0.465 e. The number of rotatable bonds is 1. The number of ether oxygens (including phenoxy) is 1. The van der Waals surface area contributed by atoms with Crippen molar-refractivity contribution < 1.29 is 9.53 Å². The fourth-order valence-corrected chi connectivity index (χ4v) is 1.00. The average molecular weight is 176 g/mol. The van der Waals surface area contributed by atoms with E-state index in [2.05, 4.69) is 9.72 Å². The van der Waals surface area contributed by atoms with Gasteiger partial charge in [-0.2, -0.15) is 5.26 Å². The minimum Gasteiger partial charge on any atom is -0.465 e. The second-order valence-electron chi connectivity index (χ2n) is 2.45. The van der Waals surface area contributed by atoms with Crippen LogP contribution in [0.15, 0.2) is 12.3 Å². The van der Waals surface area contributed by atoms with Crippen LogP contribution in [0.5, 0.6) is 0 Å². The molecule has 0 aliphatic carbocycles. The molecule has 0 amide bonds. The Labute approximate surface area is 75.8 Å². The lowest BCUT2D eigenvalue weighted by atomic mass is 10.1. The summed E-state index contributed by atoms with van der Waals surface area (Å²) < 4.78 is 4.53. The van der Waals surface area contributed by atoms with E-state index in [-0.39, 0.29) is 11.3 Å². The van der Waals surface area contributed by atoms with Gasteiger partial charge in [-0.3, -0.25) is 0 Å². The predicted octanol–water partition coefficient (Wildman–Crippen LogP) is 1.05. The van der Waals surface area contributed by atoms with E-state index in [0.717, 1.165) is 0 Å². The maximum atomic E-state index is 11.2. The Morgan fingerprint density at radius 3 is 2.92 bits per heavy atom. The number of aromatic nitrogens is 1. The van der Waals surface area contributed by atoms with Crippen molar-refractivity contribution in [3.05, 3.63) is 29.1 Å². The van der Waals surface area contributed by atoms with Gasteiger partial charge in [0.25, 0.3) is 0 Å². The zero-order valence-electron chi connectivity index (χ0n) is 7.37. The maximum absolute atomic E-state index is 11.2. The SMILES string of the molecule is COC(=O)c1c(C)ccnc1C#N. The van der Waals surface area contributed by atoms with E-state index in [1.165, 1.54) is 13.3 Å². The number of carbonyl (C=O) groups excluding carboxylic acids is 1. The second-order valence-corrected chi connectivity index (χ2v) is 2.45.